The first-order valence-electron chi connectivity index (χ1n) is 6.99. The van der Waals surface area contributed by atoms with E-state index in [0.717, 1.165) is 28.0 Å². The molecule has 0 aliphatic rings. The Morgan fingerprint density at radius 3 is 2.62 bits per heavy atom. The third-order valence-corrected chi connectivity index (χ3v) is 4.04. The van der Waals surface area contributed by atoms with Crippen molar-refractivity contribution in [3.05, 3.63) is 58.3 Å². The molecule has 0 bridgehead atoms. The number of hydrogen-bond donors (Lipinski definition) is 0. The van der Waals surface area contributed by atoms with Gasteiger partial charge < -0.3 is 4.74 Å². The van der Waals surface area contributed by atoms with Crippen LogP contribution >= 0.6 is 15.9 Å². The lowest BCUT2D eigenvalue weighted by atomic mass is 10.1. The van der Waals surface area contributed by atoms with Crippen LogP contribution in [0.2, 0.25) is 0 Å². The van der Waals surface area contributed by atoms with E-state index in [2.05, 4.69) is 58.3 Å². The lowest BCUT2D eigenvalue weighted by Gasteiger charge is -2.07. The van der Waals surface area contributed by atoms with Gasteiger partial charge in [0.25, 0.3) is 0 Å². The van der Waals surface area contributed by atoms with Crippen molar-refractivity contribution in [1.29, 1.82) is 0 Å². The molecule has 0 fully saturated rings. The number of ether oxygens (including phenoxy) is 1. The largest absolute Gasteiger partial charge is 0.487 e. The van der Waals surface area contributed by atoms with Crippen LogP contribution in [0.15, 0.2) is 46.9 Å². The number of fused-ring (bicyclic) bond motifs is 1. The molecule has 0 aliphatic heterocycles. The van der Waals surface area contributed by atoms with Gasteiger partial charge in [0.05, 0.1) is 11.4 Å². The van der Waals surface area contributed by atoms with Crippen LogP contribution in [0.1, 0.15) is 18.3 Å². The maximum Gasteiger partial charge on any atom is 0.130 e. The highest BCUT2D eigenvalue weighted by Gasteiger charge is 2.05. The highest BCUT2D eigenvalue weighted by atomic mass is 79.9. The van der Waals surface area contributed by atoms with Crippen molar-refractivity contribution >= 4 is 26.7 Å². The van der Waals surface area contributed by atoms with Gasteiger partial charge in [-0.2, -0.15) is 5.10 Å². The molecule has 0 atom stereocenters. The molecule has 3 rings (SSSR count). The molecule has 0 radical (unpaired) electrons. The second-order valence-corrected chi connectivity index (χ2v) is 5.96. The molecule has 21 heavy (non-hydrogen) atoms. The highest BCUT2D eigenvalue weighted by Crippen LogP contribution is 2.24. The van der Waals surface area contributed by atoms with Crippen molar-refractivity contribution in [1.82, 2.24) is 9.78 Å². The van der Waals surface area contributed by atoms with Crippen molar-refractivity contribution in [2.24, 2.45) is 7.05 Å². The highest BCUT2D eigenvalue weighted by molar-refractivity contribution is 9.10. The minimum absolute atomic E-state index is 0.533. The fourth-order valence-corrected chi connectivity index (χ4v) is 2.70. The summed E-state index contributed by atoms with van der Waals surface area (Å²) < 4.78 is 8.87. The van der Waals surface area contributed by atoms with E-state index >= 15 is 0 Å². The van der Waals surface area contributed by atoms with E-state index in [-0.39, 0.29) is 0 Å². The minimum atomic E-state index is 0.533. The Morgan fingerprint density at radius 1 is 1.10 bits per heavy atom. The topological polar surface area (TPSA) is 27.1 Å². The molecule has 108 valence electrons. The molecule has 1 aromatic heterocycles. The maximum atomic E-state index is 5.90. The SMILES string of the molecule is CCc1cc(COc2ccc3cc(Br)ccc3c2)n(C)n1. The number of hydrogen-bond acceptors (Lipinski definition) is 2. The van der Waals surface area contributed by atoms with Crippen LogP contribution < -0.4 is 4.74 Å². The summed E-state index contributed by atoms with van der Waals surface area (Å²) in [5, 5.41) is 6.81. The van der Waals surface area contributed by atoms with Gasteiger partial charge in [-0.25, -0.2) is 0 Å². The van der Waals surface area contributed by atoms with Crippen LogP contribution in [0.5, 0.6) is 5.75 Å². The Labute approximate surface area is 132 Å². The number of nitrogens with zero attached hydrogens (tertiary/aromatic N) is 2. The summed E-state index contributed by atoms with van der Waals surface area (Å²) in [7, 11) is 1.95. The predicted molar refractivity (Wildman–Crippen MR) is 88.6 cm³/mol. The summed E-state index contributed by atoms with van der Waals surface area (Å²) in [5.41, 5.74) is 2.18. The van der Waals surface area contributed by atoms with Gasteiger partial charge in [-0.15, -0.1) is 0 Å². The lowest BCUT2D eigenvalue weighted by Crippen LogP contribution is -2.02. The third kappa shape index (κ3) is 3.10. The molecule has 3 aromatic rings. The van der Waals surface area contributed by atoms with Crippen molar-refractivity contribution in [3.63, 3.8) is 0 Å². The number of benzene rings is 2. The van der Waals surface area contributed by atoms with E-state index in [0.29, 0.717) is 6.61 Å². The van der Waals surface area contributed by atoms with Crippen molar-refractivity contribution in [2.75, 3.05) is 0 Å². The number of halogens is 1. The molecule has 2 aromatic carbocycles. The van der Waals surface area contributed by atoms with Gasteiger partial charge in [-0.1, -0.05) is 35.0 Å². The number of aromatic nitrogens is 2. The normalized spacial score (nSPS) is 11.0. The summed E-state index contributed by atoms with van der Waals surface area (Å²) in [5.74, 6) is 0.879. The number of aryl methyl sites for hydroxylation is 2. The summed E-state index contributed by atoms with van der Waals surface area (Å²) in [4.78, 5) is 0. The summed E-state index contributed by atoms with van der Waals surface area (Å²) in [6, 6.07) is 14.5. The molecule has 3 nitrogen and oxygen atoms in total. The standard InChI is InChI=1S/C17H17BrN2O/c1-3-15-10-16(20(2)19-15)11-21-17-7-5-12-8-14(18)6-4-13(12)9-17/h4-10H,3,11H2,1-2H3. The second-order valence-electron chi connectivity index (χ2n) is 5.05. The zero-order valence-corrected chi connectivity index (χ0v) is 13.7. The molecule has 0 aliphatic carbocycles. The van der Waals surface area contributed by atoms with Gasteiger partial charge in [0, 0.05) is 11.5 Å². The van der Waals surface area contributed by atoms with Gasteiger partial charge in [0.1, 0.15) is 12.4 Å². The Morgan fingerprint density at radius 2 is 1.86 bits per heavy atom. The first-order valence-corrected chi connectivity index (χ1v) is 7.79. The van der Waals surface area contributed by atoms with Crippen LogP contribution in [0.4, 0.5) is 0 Å². The zero-order valence-electron chi connectivity index (χ0n) is 12.1. The first-order chi connectivity index (χ1) is 10.2. The molecule has 0 amide bonds. The van der Waals surface area contributed by atoms with Crippen molar-refractivity contribution in [2.45, 2.75) is 20.0 Å². The average molecular weight is 345 g/mol. The van der Waals surface area contributed by atoms with Crippen LogP contribution in [-0.2, 0) is 20.1 Å². The summed E-state index contributed by atoms with van der Waals surface area (Å²) in [6.07, 6.45) is 0.943. The Bertz CT molecular complexity index is 780. The molecular formula is C17H17BrN2O. The smallest absolute Gasteiger partial charge is 0.130 e. The van der Waals surface area contributed by atoms with E-state index in [1.807, 2.05) is 23.9 Å². The van der Waals surface area contributed by atoms with Crippen molar-refractivity contribution in [3.8, 4) is 5.75 Å². The fourth-order valence-electron chi connectivity index (χ4n) is 2.32. The van der Waals surface area contributed by atoms with Crippen LogP contribution in [0.3, 0.4) is 0 Å². The molecule has 0 spiro atoms. The van der Waals surface area contributed by atoms with E-state index in [1.54, 1.807) is 0 Å². The quantitative estimate of drug-likeness (QED) is 0.697. The van der Waals surface area contributed by atoms with Crippen LogP contribution in [0.25, 0.3) is 10.8 Å². The molecule has 1 heterocycles. The van der Waals surface area contributed by atoms with E-state index < -0.39 is 0 Å². The number of rotatable bonds is 4. The zero-order chi connectivity index (χ0) is 14.8. The van der Waals surface area contributed by atoms with Crippen LogP contribution in [-0.4, -0.2) is 9.78 Å². The molecule has 0 unspecified atom stereocenters. The monoisotopic (exact) mass is 344 g/mol. The van der Waals surface area contributed by atoms with Gasteiger partial charge in [-0.05, 0) is 47.5 Å². The predicted octanol–water partition coefficient (Wildman–Crippen LogP) is 4.48. The Hall–Kier alpha value is -1.81. The van der Waals surface area contributed by atoms with Crippen LogP contribution in [0, 0.1) is 0 Å². The molecule has 0 saturated heterocycles. The fraction of sp³-hybridized carbons (Fsp3) is 0.235. The Balaban J connectivity index is 1.78. The van der Waals surface area contributed by atoms with E-state index in [1.165, 1.54) is 10.8 Å². The van der Waals surface area contributed by atoms with Gasteiger partial charge >= 0.3 is 0 Å². The maximum absolute atomic E-state index is 5.90. The molecular weight excluding hydrogens is 328 g/mol. The van der Waals surface area contributed by atoms with Gasteiger partial charge in [0.15, 0.2) is 0 Å². The molecule has 0 saturated carbocycles. The second kappa shape index (κ2) is 5.90. The third-order valence-electron chi connectivity index (χ3n) is 3.55. The summed E-state index contributed by atoms with van der Waals surface area (Å²) in [6.45, 7) is 2.64. The first kappa shape index (κ1) is 14.1. The average Bonchev–Trinajstić information content (AvgIpc) is 2.85. The molecule has 4 heteroatoms. The van der Waals surface area contributed by atoms with Gasteiger partial charge in [0.2, 0.25) is 0 Å². The minimum Gasteiger partial charge on any atom is -0.487 e. The van der Waals surface area contributed by atoms with Gasteiger partial charge in [-0.3, -0.25) is 4.68 Å². The van der Waals surface area contributed by atoms with E-state index in [9.17, 15) is 0 Å². The van der Waals surface area contributed by atoms with Crippen molar-refractivity contribution < 1.29 is 4.74 Å². The lowest BCUT2D eigenvalue weighted by molar-refractivity contribution is 0.295. The summed E-state index contributed by atoms with van der Waals surface area (Å²) >= 11 is 3.49. The Kier molecular flexibility index (Phi) is 3.97. The van der Waals surface area contributed by atoms with E-state index in [4.69, 9.17) is 4.74 Å². The molecule has 0 N–H and O–H groups in total.